The summed E-state index contributed by atoms with van der Waals surface area (Å²) >= 11 is 1.44. The molecule has 0 aliphatic heterocycles. The third-order valence-corrected chi connectivity index (χ3v) is 3.88. The molecule has 1 aromatic carbocycles. The number of benzene rings is 1. The predicted molar refractivity (Wildman–Crippen MR) is 86.9 cm³/mol. The van der Waals surface area contributed by atoms with E-state index < -0.39 is 5.97 Å². The monoisotopic (exact) mass is 299 g/mol. The molecule has 0 atom stereocenters. The Morgan fingerprint density at radius 1 is 1.29 bits per heavy atom. The van der Waals surface area contributed by atoms with Crippen molar-refractivity contribution >= 4 is 23.8 Å². The second-order valence-electron chi connectivity index (χ2n) is 4.69. The van der Waals surface area contributed by atoms with E-state index in [1.54, 1.807) is 6.07 Å². The molecule has 1 aromatic heterocycles. The average molecular weight is 299 g/mol. The van der Waals surface area contributed by atoms with E-state index in [1.807, 2.05) is 56.3 Å². The Kier molecular flexibility index (Phi) is 5.17. The van der Waals surface area contributed by atoms with Gasteiger partial charge in [0.15, 0.2) is 0 Å². The zero-order valence-electron chi connectivity index (χ0n) is 12.0. The highest BCUT2D eigenvalue weighted by molar-refractivity contribution is 7.99. The molecule has 3 nitrogen and oxygen atoms in total. The van der Waals surface area contributed by atoms with Crippen LogP contribution >= 0.6 is 11.8 Å². The first-order chi connectivity index (χ1) is 10.1. The van der Waals surface area contributed by atoms with Crippen molar-refractivity contribution in [1.82, 2.24) is 4.98 Å². The summed E-state index contributed by atoms with van der Waals surface area (Å²) in [6.45, 7) is 3.69. The molecule has 108 valence electrons. The zero-order chi connectivity index (χ0) is 15.2. The molecule has 0 radical (unpaired) electrons. The fourth-order valence-electron chi connectivity index (χ4n) is 2.04. The minimum atomic E-state index is -0.922. The number of pyridine rings is 1. The third kappa shape index (κ3) is 4.20. The highest BCUT2D eigenvalue weighted by Crippen LogP contribution is 2.24. The molecule has 0 aliphatic carbocycles. The fraction of sp³-hybridized carbons (Fsp3) is 0.176. The van der Waals surface area contributed by atoms with Crippen molar-refractivity contribution in [2.75, 3.05) is 5.75 Å². The molecule has 1 N–H and O–H groups in total. The molecule has 21 heavy (non-hydrogen) atoms. The van der Waals surface area contributed by atoms with Gasteiger partial charge in [-0.3, -0.25) is 0 Å². The van der Waals surface area contributed by atoms with Crippen molar-refractivity contribution in [2.24, 2.45) is 0 Å². The normalized spacial score (nSPS) is 11.0. The van der Waals surface area contributed by atoms with Gasteiger partial charge in [0, 0.05) is 11.4 Å². The van der Waals surface area contributed by atoms with Gasteiger partial charge in [-0.25, -0.2) is 9.78 Å². The van der Waals surface area contributed by atoms with Crippen molar-refractivity contribution in [2.45, 2.75) is 18.9 Å². The Morgan fingerprint density at radius 3 is 2.67 bits per heavy atom. The van der Waals surface area contributed by atoms with Crippen molar-refractivity contribution in [3.63, 3.8) is 0 Å². The van der Waals surface area contributed by atoms with E-state index >= 15 is 0 Å². The smallest absolute Gasteiger partial charge is 0.338 e. The Hall–Kier alpha value is -2.07. The molecule has 1 heterocycles. The quantitative estimate of drug-likeness (QED) is 0.841. The molecular weight excluding hydrogens is 282 g/mol. The highest BCUT2D eigenvalue weighted by atomic mass is 32.2. The van der Waals surface area contributed by atoms with Crippen molar-refractivity contribution in [3.8, 4) is 0 Å². The Labute approximate surface area is 128 Å². The van der Waals surface area contributed by atoms with Crippen LogP contribution in [-0.2, 0) is 0 Å². The van der Waals surface area contributed by atoms with Crippen LogP contribution in [0.25, 0.3) is 6.08 Å². The van der Waals surface area contributed by atoms with Gasteiger partial charge in [0.2, 0.25) is 0 Å². The number of carboxylic acid groups (broad SMARTS) is 1. The van der Waals surface area contributed by atoms with E-state index in [9.17, 15) is 9.90 Å². The van der Waals surface area contributed by atoms with Crippen LogP contribution in [0.1, 0.15) is 27.2 Å². The first-order valence-corrected chi connectivity index (χ1v) is 7.62. The maximum atomic E-state index is 11.3. The summed E-state index contributed by atoms with van der Waals surface area (Å²) in [6, 6.07) is 11.8. The van der Waals surface area contributed by atoms with E-state index in [4.69, 9.17) is 0 Å². The number of aryl methyl sites for hydroxylation is 2. The van der Waals surface area contributed by atoms with Gasteiger partial charge >= 0.3 is 5.97 Å². The predicted octanol–water partition coefficient (Wildman–Crippen LogP) is 4.20. The largest absolute Gasteiger partial charge is 0.478 e. The molecule has 2 aromatic rings. The number of aromatic carboxylic acids is 1. The summed E-state index contributed by atoms with van der Waals surface area (Å²) < 4.78 is 0. The SMILES string of the molecule is Cc1cc(C)c(C(=O)O)c(SCC=Cc2ccccc2)n1. The minimum Gasteiger partial charge on any atom is -0.478 e. The third-order valence-electron chi connectivity index (χ3n) is 2.95. The highest BCUT2D eigenvalue weighted by Gasteiger charge is 2.15. The Balaban J connectivity index is 2.10. The summed E-state index contributed by atoms with van der Waals surface area (Å²) in [5.74, 6) is -0.236. The van der Waals surface area contributed by atoms with E-state index in [0.29, 0.717) is 16.3 Å². The summed E-state index contributed by atoms with van der Waals surface area (Å²) in [5.41, 5.74) is 3.03. The second-order valence-corrected chi connectivity index (χ2v) is 5.70. The van der Waals surface area contributed by atoms with Crippen LogP contribution < -0.4 is 0 Å². The summed E-state index contributed by atoms with van der Waals surface area (Å²) in [6.07, 6.45) is 4.04. The number of carbonyl (C=O) groups is 1. The van der Waals surface area contributed by atoms with Gasteiger partial charge in [-0.2, -0.15) is 0 Å². The topological polar surface area (TPSA) is 50.2 Å². The van der Waals surface area contributed by atoms with E-state index in [-0.39, 0.29) is 0 Å². The first-order valence-electron chi connectivity index (χ1n) is 6.64. The number of hydrogen-bond acceptors (Lipinski definition) is 3. The van der Waals surface area contributed by atoms with Crippen LogP contribution in [-0.4, -0.2) is 21.8 Å². The molecule has 0 unspecified atom stereocenters. The molecule has 0 amide bonds. The number of aromatic nitrogens is 1. The minimum absolute atomic E-state index is 0.304. The van der Waals surface area contributed by atoms with Crippen LogP contribution in [0.5, 0.6) is 0 Å². The summed E-state index contributed by atoms with van der Waals surface area (Å²) in [7, 11) is 0. The fourth-order valence-corrected chi connectivity index (χ4v) is 2.99. The van der Waals surface area contributed by atoms with Gasteiger partial charge in [-0.1, -0.05) is 42.5 Å². The molecule has 0 bridgehead atoms. The van der Waals surface area contributed by atoms with E-state index in [0.717, 1.165) is 16.8 Å². The van der Waals surface area contributed by atoms with Crippen LogP contribution in [0.3, 0.4) is 0 Å². The zero-order valence-corrected chi connectivity index (χ0v) is 12.9. The molecule has 2 rings (SSSR count). The molecule has 4 heteroatoms. The average Bonchev–Trinajstić information content (AvgIpc) is 2.43. The van der Waals surface area contributed by atoms with E-state index in [2.05, 4.69) is 4.98 Å². The van der Waals surface area contributed by atoms with Gasteiger partial charge in [0.1, 0.15) is 5.03 Å². The second kappa shape index (κ2) is 7.09. The molecule has 0 spiro atoms. The van der Waals surface area contributed by atoms with Gasteiger partial charge in [0.25, 0.3) is 0 Å². The van der Waals surface area contributed by atoms with Crippen molar-refractivity contribution in [3.05, 3.63) is 64.9 Å². The Morgan fingerprint density at radius 2 is 2.00 bits per heavy atom. The summed E-state index contributed by atoms with van der Waals surface area (Å²) in [5, 5.41) is 9.88. The van der Waals surface area contributed by atoms with Gasteiger partial charge in [-0.15, -0.1) is 11.8 Å². The molecular formula is C17H17NO2S. The lowest BCUT2D eigenvalue weighted by molar-refractivity contribution is 0.0691. The lowest BCUT2D eigenvalue weighted by Gasteiger charge is -2.08. The number of rotatable bonds is 5. The van der Waals surface area contributed by atoms with Crippen LogP contribution in [0.2, 0.25) is 0 Å². The summed E-state index contributed by atoms with van der Waals surface area (Å²) in [4.78, 5) is 15.7. The van der Waals surface area contributed by atoms with Crippen molar-refractivity contribution < 1.29 is 9.90 Å². The lowest BCUT2D eigenvalue weighted by Crippen LogP contribution is -2.05. The number of nitrogens with zero attached hydrogens (tertiary/aromatic N) is 1. The van der Waals surface area contributed by atoms with Crippen LogP contribution in [0.4, 0.5) is 0 Å². The van der Waals surface area contributed by atoms with Gasteiger partial charge in [-0.05, 0) is 31.0 Å². The van der Waals surface area contributed by atoms with E-state index in [1.165, 1.54) is 11.8 Å². The molecule has 0 fully saturated rings. The maximum Gasteiger partial charge on any atom is 0.338 e. The standard InChI is InChI=1S/C17H17NO2S/c1-12-11-13(2)18-16(15(12)17(19)20)21-10-6-9-14-7-4-3-5-8-14/h3-9,11H,10H2,1-2H3,(H,19,20). The maximum absolute atomic E-state index is 11.3. The van der Waals surface area contributed by atoms with Crippen LogP contribution in [0.15, 0.2) is 47.5 Å². The molecule has 0 saturated carbocycles. The lowest BCUT2D eigenvalue weighted by atomic mass is 10.1. The van der Waals surface area contributed by atoms with Gasteiger partial charge < -0.3 is 5.11 Å². The first kappa shape index (κ1) is 15.3. The van der Waals surface area contributed by atoms with Crippen molar-refractivity contribution in [1.29, 1.82) is 0 Å². The molecule has 0 aliphatic rings. The molecule has 0 saturated heterocycles. The number of hydrogen-bond donors (Lipinski definition) is 1. The number of carboxylic acids is 1. The van der Waals surface area contributed by atoms with Crippen LogP contribution in [0, 0.1) is 13.8 Å². The van der Waals surface area contributed by atoms with Gasteiger partial charge in [0.05, 0.1) is 5.56 Å². The Bertz CT molecular complexity index is 666. The number of thioether (sulfide) groups is 1.